The van der Waals surface area contributed by atoms with Gasteiger partial charge in [0.1, 0.15) is 10.8 Å². The van der Waals surface area contributed by atoms with Crippen molar-refractivity contribution in [1.82, 2.24) is 9.97 Å². The molecule has 1 aliphatic rings. The molecule has 0 saturated carbocycles. The average Bonchev–Trinajstić information content (AvgIpc) is 2.70. The van der Waals surface area contributed by atoms with Crippen molar-refractivity contribution in [3.05, 3.63) is 64.1 Å². The lowest BCUT2D eigenvalue weighted by molar-refractivity contribution is -0.137. The normalized spacial score (nSPS) is 11.9. The molecule has 27 heavy (non-hydrogen) atoms. The maximum absolute atomic E-state index is 11.6. The summed E-state index contributed by atoms with van der Waals surface area (Å²) in [6.45, 7) is 0. The monoisotopic (exact) mass is 442 g/mol. The molecule has 5 nitrogen and oxygen atoms in total. The molecular formula is C20H15BrN2O3S. The van der Waals surface area contributed by atoms with Gasteiger partial charge in [0, 0.05) is 22.0 Å². The summed E-state index contributed by atoms with van der Waals surface area (Å²) in [5, 5.41) is 0.731. The molecule has 0 bridgehead atoms. The van der Waals surface area contributed by atoms with Gasteiger partial charge in [0.25, 0.3) is 0 Å². The van der Waals surface area contributed by atoms with Gasteiger partial charge in [0.05, 0.1) is 18.4 Å². The molecule has 0 fully saturated rings. The number of benzene rings is 2. The number of thioether (sulfide) groups is 1. The van der Waals surface area contributed by atoms with Gasteiger partial charge in [-0.3, -0.25) is 4.79 Å². The third kappa shape index (κ3) is 3.84. The number of fused-ring (bicyclic) bond motifs is 2. The minimum Gasteiger partial charge on any atom is -0.468 e. The summed E-state index contributed by atoms with van der Waals surface area (Å²) in [7, 11) is 1.38. The van der Waals surface area contributed by atoms with Crippen LogP contribution in [0.25, 0.3) is 11.4 Å². The molecule has 0 amide bonds. The highest BCUT2D eigenvalue weighted by Gasteiger charge is 2.25. The smallest absolute Gasteiger partial charge is 0.316 e. The number of carbonyl (C=O) groups is 1. The van der Waals surface area contributed by atoms with E-state index in [1.54, 1.807) is 0 Å². The van der Waals surface area contributed by atoms with E-state index in [0.29, 0.717) is 18.1 Å². The van der Waals surface area contributed by atoms with Crippen LogP contribution in [0, 0.1) is 0 Å². The molecule has 1 aromatic heterocycles. The Kier molecular flexibility index (Phi) is 5.13. The summed E-state index contributed by atoms with van der Waals surface area (Å²) in [4.78, 5) is 21.0. The van der Waals surface area contributed by atoms with Gasteiger partial charge in [-0.05, 0) is 18.2 Å². The van der Waals surface area contributed by atoms with Crippen LogP contribution in [0.15, 0.2) is 58.0 Å². The molecule has 0 N–H and O–H groups in total. The van der Waals surface area contributed by atoms with E-state index in [0.717, 1.165) is 31.9 Å². The molecule has 0 spiro atoms. The fourth-order valence-electron chi connectivity index (χ4n) is 2.78. The number of methoxy groups -OCH3 is 1. The highest BCUT2D eigenvalue weighted by atomic mass is 79.9. The predicted molar refractivity (Wildman–Crippen MR) is 107 cm³/mol. The van der Waals surface area contributed by atoms with Gasteiger partial charge in [-0.2, -0.15) is 4.98 Å². The van der Waals surface area contributed by atoms with Crippen molar-refractivity contribution < 1.29 is 14.3 Å². The number of aromatic nitrogens is 2. The van der Waals surface area contributed by atoms with Crippen LogP contribution in [0.4, 0.5) is 0 Å². The molecule has 0 aliphatic carbocycles. The van der Waals surface area contributed by atoms with E-state index in [1.165, 1.54) is 18.9 Å². The van der Waals surface area contributed by atoms with Crippen LogP contribution in [0.1, 0.15) is 11.1 Å². The van der Waals surface area contributed by atoms with E-state index in [-0.39, 0.29) is 11.7 Å². The molecule has 3 aromatic rings. The molecule has 0 unspecified atom stereocenters. The zero-order chi connectivity index (χ0) is 18.8. The fourth-order valence-corrected chi connectivity index (χ4v) is 4.05. The van der Waals surface area contributed by atoms with Crippen molar-refractivity contribution in [3.63, 3.8) is 0 Å². The molecule has 0 saturated heterocycles. The summed E-state index contributed by atoms with van der Waals surface area (Å²) in [6, 6.07) is 15.6. The lowest BCUT2D eigenvalue weighted by atomic mass is 10.0. The van der Waals surface area contributed by atoms with Crippen LogP contribution >= 0.6 is 27.7 Å². The fraction of sp³-hybridized carbons (Fsp3) is 0.150. The van der Waals surface area contributed by atoms with Gasteiger partial charge in [-0.25, -0.2) is 4.98 Å². The van der Waals surface area contributed by atoms with Crippen molar-refractivity contribution in [3.8, 4) is 23.0 Å². The zero-order valence-corrected chi connectivity index (χ0v) is 16.8. The first-order valence-electron chi connectivity index (χ1n) is 8.26. The third-order valence-corrected chi connectivity index (χ3v) is 5.60. The average molecular weight is 443 g/mol. The molecule has 2 aromatic carbocycles. The van der Waals surface area contributed by atoms with Gasteiger partial charge in [-0.15, -0.1) is 0 Å². The number of nitrogens with zero attached hydrogens (tertiary/aromatic N) is 2. The van der Waals surface area contributed by atoms with Crippen LogP contribution in [0.3, 0.4) is 0 Å². The molecule has 0 radical (unpaired) electrons. The van der Waals surface area contributed by atoms with E-state index in [1.807, 2.05) is 48.5 Å². The quantitative estimate of drug-likeness (QED) is 0.255. The van der Waals surface area contributed by atoms with E-state index < -0.39 is 0 Å². The van der Waals surface area contributed by atoms with Gasteiger partial charge >= 0.3 is 5.97 Å². The number of hydrogen-bond donors (Lipinski definition) is 0. The van der Waals surface area contributed by atoms with E-state index in [9.17, 15) is 4.79 Å². The van der Waals surface area contributed by atoms with Crippen LogP contribution in [0.5, 0.6) is 11.6 Å². The van der Waals surface area contributed by atoms with Gasteiger partial charge < -0.3 is 9.47 Å². The van der Waals surface area contributed by atoms with Crippen molar-refractivity contribution in [2.45, 2.75) is 11.4 Å². The number of hydrogen-bond acceptors (Lipinski definition) is 6. The Morgan fingerprint density at radius 3 is 2.81 bits per heavy atom. The molecule has 7 heteroatoms. The SMILES string of the molecule is COC(=O)CSc1nc(-c2ccccc2)nc2c1Cc1cc(Br)ccc1O2. The summed E-state index contributed by atoms with van der Waals surface area (Å²) in [5.74, 6) is 1.77. The third-order valence-electron chi connectivity index (χ3n) is 4.11. The van der Waals surface area contributed by atoms with E-state index in [2.05, 4.69) is 20.9 Å². The molecular weight excluding hydrogens is 428 g/mol. The van der Waals surface area contributed by atoms with Crippen molar-refractivity contribution >= 4 is 33.7 Å². The maximum atomic E-state index is 11.6. The van der Waals surface area contributed by atoms with Crippen LogP contribution in [-0.2, 0) is 16.0 Å². The Morgan fingerprint density at radius 2 is 2.04 bits per heavy atom. The van der Waals surface area contributed by atoms with Gasteiger partial charge in [-0.1, -0.05) is 58.0 Å². The molecule has 0 atom stereocenters. The number of halogens is 1. The van der Waals surface area contributed by atoms with Crippen LogP contribution in [0.2, 0.25) is 0 Å². The lowest BCUT2D eigenvalue weighted by Gasteiger charge is -2.22. The lowest BCUT2D eigenvalue weighted by Crippen LogP contribution is -2.10. The Balaban J connectivity index is 1.78. The highest BCUT2D eigenvalue weighted by Crippen LogP contribution is 2.41. The highest BCUT2D eigenvalue weighted by molar-refractivity contribution is 9.10. The summed E-state index contributed by atoms with van der Waals surface area (Å²) in [5.41, 5.74) is 2.83. The van der Waals surface area contributed by atoms with Crippen LogP contribution < -0.4 is 4.74 Å². The predicted octanol–water partition coefficient (Wildman–Crippen LogP) is 4.87. The topological polar surface area (TPSA) is 61.3 Å². The summed E-state index contributed by atoms with van der Waals surface area (Å²) >= 11 is 4.84. The van der Waals surface area contributed by atoms with E-state index >= 15 is 0 Å². The number of esters is 1. The van der Waals surface area contributed by atoms with Crippen molar-refractivity contribution in [2.24, 2.45) is 0 Å². The van der Waals surface area contributed by atoms with E-state index in [4.69, 9.17) is 14.5 Å². The minimum absolute atomic E-state index is 0.180. The summed E-state index contributed by atoms with van der Waals surface area (Å²) < 4.78 is 11.8. The Hall–Kier alpha value is -2.38. The largest absolute Gasteiger partial charge is 0.468 e. The number of ether oxygens (including phenoxy) is 2. The Labute approximate surface area is 169 Å². The summed E-state index contributed by atoms with van der Waals surface area (Å²) in [6.07, 6.45) is 0.642. The number of rotatable bonds is 4. The van der Waals surface area contributed by atoms with Crippen molar-refractivity contribution in [1.29, 1.82) is 0 Å². The Bertz CT molecular complexity index is 1010. The second-order valence-corrected chi connectivity index (χ2v) is 7.78. The minimum atomic E-state index is -0.298. The van der Waals surface area contributed by atoms with Crippen LogP contribution in [-0.4, -0.2) is 28.8 Å². The zero-order valence-electron chi connectivity index (χ0n) is 14.4. The number of carbonyl (C=O) groups excluding carboxylic acids is 1. The Morgan fingerprint density at radius 1 is 1.22 bits per heavy atom. The molecule has 1 aliphatic heterocycles. The standard InChI is InChI=1S/C20H15BrN2O3S/c1-25-17(24)11-27-20-15-10-13-9-14(21)7-8-16(13)26-19(15)22-18(23-20)12-5-3-2-4-6-12/h2-9H,10-11H2,1H3. The maximum Gasteiger partial charge on any atom is 0.316 e. The second-order valence-electron chi connectivity index (χ2n) is 5.90. The van der Waals surface area contributed by atoms with Crippen molar-refractivity contribution in [2.75, 3.05) is 12.9 Å². The first-order chi connectivity index (χ1) is 13.1. The molecule has 136 valence electrons. The van der Waals surface area contributed by atoms with Gasteiger partial charge in [0.15, 0.2) is 5.82 Å². The molecule has 2 heterocycles. The second kappa shape index (κ2) is 7.70. The first-order valence-corrected chi connectivity index (χ1v) is 10.0. The first kappa shape index (κ1) is 18.0. The van der Waals surface area contributed by atoms with Gasteiger partial charge in [0.2, 0.25) is 5.88 Å². The molecule has 4 rings (SSSR count).